The molecule has 0 radical (unpaired) electrons. The van der Waals surface area contributed by atoms with Gasteiger partial charge in [0.25, 0.3) is 0 Å². The largest absolute Gasteiger partial charge is 0.497 e. The summed E-state index contributed by atoms with van der Waals surface area (Å²) in [6.07, 6.45) is 1.31. The van der Waals surface area contributed by atoms with Gasteiger partial charge in [-0.1, -0.05) is 25.5 Å². The second-order valence-corrected chi connectivity index (χ2v) is 4.27. The molecule has 0 aliphatic carbocycles. The van der Waals surface area contributed by atoms with Gasteiger partial charge in [-0.25, -0.2) is 4.79 Å². The molecule has 0 bridgehead atoms. The third-order valence-electron chi connectivity index (χ3n) is 2.73. The first-order chi connectivity index (χ1) is 9.06. The van der Waals surface area contributed by atoms with Crippen LogP contribution in [-0.2, 0) is 16.0 Å². The molecule has 5 heteroatoms. The molecular weight excluding hydrogens is 246 g/mol. The summed E-state index contributed by atoms with van der Waals surface area (Å²) in [5.74, 6) is -0.561. The normalized spacial score (nSPS) is 11.7. The SMILES string of the molecule is CCC[C@@H](NC(=O)Cc1ccc(OC)cc1)C(=O)O. The van der Waals surface area contributed by atoms with Gasteiger partial charge in [0.2, 0.25) is 5.91 Å². The average Bonchev–Trinajstić information content (AvgIpc) is 2.39. The van der Waals surface area contributed by atoms with Crippen LogP contribution in [0.4, 0.5) is 0 Å². The zero-order chi connectivity index (χ0) is 14.3. The lowest BCUT2D eigenvalue weighted by Gasteiger charge is -2.13. The molecule has 1 aromatic carbocycles. The fourth-order valence-electron chi connectivity index (χ4n) is 1.72. The lowest BCUT2D eigenvalue weighted by atomic mass is 10.1. The van der Waals surface area contributed by atoms with Crippen molar-refractivity contribution in [2.75, 3.05) is 7.11 Å². The number of carbonyl (C=O) groups is 2. The number of carbonyl (C=O) groups excluding carboxylic acids is 1. The number of amides is 1. The van der Waals surface area contributed by atoms with E-state index in [0.29, 0.717) is 12.8 Å². The van der Waals surface area contributed by atoms with Crippen LogP contribution in [0.25, 0.3) is 0 Å². The summed E-state index contributed by atoms with van der Waals surface area (Å²) in [6, 6.07) is 6.30. The second kappa shape index (κ2) is 7.41. The van der Waals surface area contributed by atoms with Crippen LogP contribution >= 0.6 is 0 Å². The third kappa shape index (κ3) is 4.99. The number of nitrogens with one attached hydrogen (secondary N) is 1. The van der Waals surface area contributed by atoms with Crippen molar-refractivity contribution in [1.29, 1.82) is 0 Å². The number of hydrogen-bond acceptors (Lipinski definition) is 3. The molecule has 1 amide bonds. The molecule has 0 saturated heterocycles. The van der Waals surface area contributed by atoms with Crippen molar-refractivity contribution < 1.29 is 19.4 Å². The summed E-state index contributed by atoms with van der Waals surface area (Å²) >= 11 is 0. The molecule has 0 aromatic heterocycles. The molecule has 0 fully saturated rings. The average molecular weight is 265 g/mol. The van der Waals surface area contributed by atoms with Crippen molar-refractivity contribution >= 4 is 11.9 Å². The molecular formula is C14H19NO4. The molecule has 0 spiro atoms. The minimum Gasteiger partial charge on any atom is -0.497 e. The monoisotopic (exact) mass is 265 g/mol. The molecule has 0 aliphatic rings. The first-order valence-corrected chi connectivity index (χ1v) is 6.22. The third-order valence-corrected chi connectivity index (χ3v) is 2.73. The summed E-state index contributed by atoms with van der Waals surface area (Å²) in [7, 11) is 1.57. The van der Waals surface area contributed by atoms with Gasteiger partial charge in [0.1, 0.15) is 11.8 Å². The number of hydrogen-bond donors (Lipinski definition) is 2. The predicted octanol–water partition coefficient (Wildman–Crippen LogP) is 1.61. The Labute approximate surface area is 112 Å². The lowest BCUT2D eigenvalue weighted by Crippen LogP contribution is -2.41. The van der Waals surface area contributed by atoms with Crippen LogP contribution in [0.3, 0.4) is 0 Å². The molecule has 19 heavy (non-hydrogen) atoms. The zero-order valence-electron chi connectivity index (χ0n) is 11.2. The van der Waals surface area contributed by atoms with Crippen LogP contribution in [0.15, 0.2) is 24.3 Å². The van der Waals surface area contributed by atoms with Gasteiger partial charge < -0.3 is 15.2 Å². The predicted molar refractivity (Wildman–Crippen MR) is 71.2 cm³/mol. The molecule has 1 atom stereocenters. The van der Waals surface area contributed by atoms with Crippen molar-refractivity contribution in [2.45, 2.75) is 32.2 Å². The highest BCUT2D eigenvalue weighted by Gasteiger charge is 2.18. The van der Waals surface area contributed by atoms with Gasteiger partial charge in [0, 0.05) is 0 Å². The molecule has 0 saturated carbocycles. The highest BCUT2D eigenvalue weighted by molar-refractivity contribution is 5.84. The maximum atomic E-state index is 11.8. The van der Waals surface area contributed by atoms with Crippen LogP contribution in [-0.4, -0.2) is 30.1 Å². The first-order valence-electron chi connectivity index (χ1n) is 6.22. The van der Waals surface area contributed by atoms with E-state index in [2.05, 4.69) is 5.32 Å². The van der Waals surface area contributed by atoms with Gasteiger partial charge in [-0.2, -0.15) is 0 Å². The van der Waals surface area contributed by atoms with Crippen molar-refractivity contribution in [2.24, 2.45) is 0 Å². The Hall–Kier alpha value is -2.04. The van der Waals surface area contributed by atoms with E-state index >= 15 is 0 Å². The van der Waals surface area contributed by atoms with Crippen molar-refractivity contribution in [3.05, 3.63) is 29.8 Å². The Bertz CT molecular complexity index is 428. The molecule has 0 unspecified atom stereocenters. The minimum absolute atomic E-state index is 0.164. The second-order valence-electron chi connectivity index (χ2n) is 4.27. The van der Waals surface area contributed by atoms with Crippen LogP contribution in [0, 0.1) is 0 Å². The van der Waals surface area contributed by atoms with Gasteiger partial charge in [0.05, 0.1) is 13.5 Å². The fraction of sp³-hybridized carbons (Fsp3) is 0.429. The zero-order valence-corrected chi connectivity index (χ0v) is 11.2. The maximum absolute atomic E-state index is 11.8. The smallest absolute Gasteiger partial charge is 0.326 e. The van der Waals surface area contributed by atoms with E-state index in [-0.39, 0.29) is 12.3 Å². The van der Waals surface area contributed by atoms with Gasteiger partial charge in [-0.3, -0.25) is 4.79 Å². The van der Waals surface area contributed by atoms with E-state index in [9.17, 15) is 9.59 Å². The van der Waals surface area contributed by atoms with E-state index in [0.717, 1.165) is 11.3 Å². The standard InChI is InChI=1S/C14H19NO4/c1-3-4-12(14(17)18)15-13(16)9-10-5-7-11(19-2)8-6-10/h5-8,12H,3-4,9H2,1-2H3,(H,15,16)(H,17,18)/t12-/m1/s1. The van der Waals surface area contributed by atoms with E-state index in [1.165, 1.54) is 0 Å². The van der Waals surface area contributed by atoms with E-state index in [1.54, 1.807) is 31.4 Å². The van der Waals surface area contributed by atoms with Crippen LogP contribution in [0.1, 0.15) is 25.3 Å². The van der Waals surface area contributed by atoms with Gasteiger partial charge in [-0.05, 0) is 24.1 Å². The van der Waals surface area contributed by atoms with Crippen molar-refractivity contribution in [3.8, 4) is 5.75 Å². The molecule has 0 heterocycles. The summed E-state index contributed by atoms with van der Waals surface area (Å²) < 4.78 is 5.02. The number of benzene rings is 1. The fourth-order valence-corrected chi connectivity index (χ4v) is 1.72. The van der Waals surface area contributed by atoms with Crippen LogP contribution in [0.2, 0.25) is 0 Å². The van der Waals surface area contributed by atoms with Gasteiger partial charge >= 0.3 is 5.97 Å². The summed E-state index contributed by atoms with van der Waals surface area (Å²) in [6.45, 7) is 1.88. The van der Waals surface area contributed by atoms with Gasteiger partial charge in [-0.15, -0.1) is 0 Å². The maximum Gasteiger partial charge on any atom is 0.326 e. The summed E-state index contributed by atoms with van der Waals surface area (Å²) in [5.41, 5.74) is 0.818. The topological polar surface area (TPSA) is 75.6 Å². The Kier molecular flexibility index (Phi) is 5.85. The Morgan fingerprint density at radius 2 is 1.95 bits per heavy atom. The summed E-state index contributed by atoms with van der Waals surface area (Å²) in [5, 5.41) is 11.5. The van der Waals surface area contributed by atoms with E-state index in [1.807, 2.05) is 6.92 Å². The molecule has 104 valence electrons. The van der Waals surface area contributed by atoms with Crippen molar-refractivity contribution in [1.82, 2.24) is 5.32 Å². The molecule has 0 aliphatic heterocycles. The van der Waals surface area contributed by atoms with E-state index < -0.39 is 12.0 Å². The minimum atomic E-state index is -0.995. The van der Waals surface area contributed by atoms with Crippen LogP contribution in [0.5, 0.6) is 5.75 Å². The number of carboxylic acids is 1. The number of methoxy groups -OCH3 is 1. The highest BCUT2D eigenvalue weighted by Crippen LogP contribution is 2.11. The quantitative estimate of drug-likeness (QED) is 0.785. The number of aliphatic carboxylic acids is 1. The highest BCUT2D eigenvalue weighted by atomic mass is 16.5. The van der Waals surface area contributed by atoms with Crippen LogP contribution < -0.4 is 10.1 Å². The first kappa shape index (κ1) is 15.0. The number of carboxylic acid groups (broad SMARTS) is 1. The lowest BCUT2D eigenvalue weighted by molar-refractivity contribution is -0.141. The molecule has 2 N–H and O–H groups in total. The number of rotatable bonds is 7. The number of ether oxygens (including phenoxy) is 1. The Morgan fingerprint density at radius 1 is 1.32 bits per heavy atom. The Balaban J connectivity index is 2.55. The van der Waals surface area contributed by atoms with E-state index in [4.69, 9.17) is 9.84 Å². The molecule has 1 rings (SSSR count). The summed E-state index contributed by atoms with van der Waals surface area (Å²) in [4.78, 5) is 22.7. The molecule has 5 nitrogen and oxygen atoms in total. The van der Waals surface area contributed by atoms with Crippen molar-refractivity contribution in [3.63, 3.8) is 0 Å². The van der Waals surface area contributed by atoms with Gasteiger partial charge in [0.15, 0.2) is 0 Å². The molecule has 1 aromatic rings. The Morgan fingerprint density at radius 3 is 2.42 bits per heavy atom.